The smallest absolute Gasteiger partial charge is 0.127 e. The highest BCUT2D eigenvalue weighted by Gasteiger charge is 2.42. The molecule has 0 heterocycles. The summed E-state index contributed by atoms with van der Waals surface area (Å²) in [6.07, 6.45) is 1.22. The molecule has 0 N–H and O–H groups in total. The Bertz CT molecular complexity index is 383. The highest BCUT2D eigenvalue weighted by atomic mass is 79.9. The Morgan fingerprint density at radius 3 is 2.83 bits per heavy atom. The Morgan fingerprint density at radius 2 is 2.17 bits per heavy atom. The SMILES string of the molecule is COCCOC1C(Br)CC1Oc1cccc(C)c1. The Kier molecular flexibility index (Phi) is 5.03. The summed E-state index contributed by atoms with van der Waals surface area (Å²) in [4.78, 5) is 0.379. The van der Waals surface area contributed by atoms with Crippen molar-refractivity contribution in [1.29, 1.82) is 0 Å². The summed E-state index contributed by atoms with van der Waals surface area (Å²) in [6, 6.07) is 8.11. The molecule has 1 aliphatic rings. The van der Waals surface area contributed by atoms with E-state index in [9.17, 15) is 0 Å². The molecule has 0 amide bonds. The van der Waals surface area contributed by atoms with E-state index < -0.39 is 0 Å². The van der Waals surface area contributed by atoms with E-state index in [0.29, 0.717) is 18.0 Å². The van der Waals surface area contributed by atoms with Gasteiger partial charge in [0.15, 0.2) is 0 Å². The van der Waals surface area contributed by atoms with Gasteiger partial charge >= 0.3 is 0 Å². The maximum atomic E-state index is 5.95. The highest BCUT2D eigenvalue weighted by Crippen LogP contribution is 2.34. The third-order valence-corrected chi connectivity index (χ3v) is 3.95. The molecule has 0 saturated heterocycles. The molecule has 0 spiro atoms. The van der Waals surface area contributed by atoms with Gasteiger partial charge in [-0.25, -0.2) is 0 Å². The number of benzene rings is 1. The van der Waals surface area contributed by atoms with Crippen molar-refractivity contribution >= 4 is 15.9 Å². The molecule has 1 aliphatic carbocycles. The zero-order chi connectivity index (χ0) is 13.0. The van der Waals surface area contributed by atoms with Crippen LogP contribution in [0.3, 0.4) is 0 Å². The van der Waals surface area contributed by atoms with E-state index in [-0.39, 0.29) is 12.2 Å². The van der Waals surface area contributed by atoms with Gasteiger partial charge in [0.25, 0.3) is 0 Å². The van der Waals surface area contributed by atoms with Crippen molar-refractivity contribution in [2.45, 2.75) is 30.4 Å². The van der Waals surface area contributed by atoms with Gasteiger partial charge in [0.2, 0.25) is 0 Å². The lowest BCUT2D eigenvalue weighted by Crippen LogP contribution is -2.52. The van der Waals surface area contributed by atoms with Crippen molar-refractivity contribution in [3.8, 4) is 5.75 Å². The first-order chi connectivity index (χ1) is 8.70. The molecule has 3 atom stereocenters. The van der Waals surface area contributed by atoms with Crippen molar-refractivity contribution in [3.05, 3.63) is 29.8 Å². The molecule has 0 bridgehead atoms. The molecule has 0 aromatic heterocycles. The maximum Gasteiger partial charge on any atom is 0.127 e. The zero-order valence-electron chi connectivity index (χ0n) is 10.8. The minimum absolute atomic E-state index is 0.112. The Morgan fingerprint density at radius 1 is 1.33 bits per heavy atom. The molecule has 4 heteroatoms. The lowest BCUT2D eigenvalue weighted by atomic mass is 9.91. The molecular formula is C14H19BrO3. The summed E-state index contributed by atoms with van der Waals surface area (Å²) in [5.74, 6) is 0.916. The summed E-state index contributed by atoms with van der Waals surface area (Å²) in [5.41, 5.74) is 1.21. The van der Waals surface area contributed by atoms with Crippen molar-refractivity contribution in [3.63, 3.8) is 0 Å². The number of alkyl halides is 1. The number of rotatable bonds is 6. The van der Waals surface area contributed by atoms with Crippen LogP contribution in [0.5, 0.6) is 5.75 Å². The fraction of sp³-hybridized carbons (Fsp3) is 0.571. The van der Waals surface area contributed by atoms with E-state index in [1.165, 1.54) is 5.56 Å². The number of hydrogen-bond acceptors (Lipinski definition) is 3. The number of aryl methyl sites for hydroxylation is 1. The van der Waals surface area contributed by atoms with Gasteiger partial charge in [-0.3, -0.25) is 0 Å². The average molecular weight is 315 g/mol. The number of ether oxygens (including phenoxy) is 3. The molecule has 0 radical (unpaired) electrons. The van der Waals surface area contributed by atoms with E-state index in [1.54, 1.807) is 7.11 Å². The minimum Gasteiger partial charge on any atom is -0.488 e. The fourth-order valence-electron chi connectivity index (χ4n) is 1.99. The summed E-state index contributed by atoms with van der Waals surface area (Å²) in [7, 11) is 1.68. The van der Waals surface area contributed by atoms with Gasteiger partial charge in [-0.05, 0) is 24.6 Å². The molecular weight excluding hydrogens is 296 g/mol. The molecule has 1 aromatic rings. The van der Waals surface area contributed by atoms with Gasteiger partial charge in [-0.15, -0.1) is 0 Å². The lowest BCUT2D eigenvalue weighted by molar-refractivity contribution is -0.0865. The Hall–Kier alpha value is -0.580. The third kappa shape index (κ3) is 3.46. The summed E-state index contributed by atoms with van der Waals surface area (Å²) >= 11 is 3.60. The summed E-state index contributed by atoms with van der Waals surface area (Å²) < 4.78 is 16.7. The first-order valence-corrected chi connectivity index (χ1v) is 7.10. The number of halogens is 1. The number of methoxy groups -OCH3 is 1. The van der Waals surface area contributed by atoms with Crippen LogP contribution in [0.4, 0.5) is 0 Å². The molecule has 1 fully saturated rings. The standard InChI is InChI=1S/C14H19BrO3/c1-10-4-3-5-11(8-10)18-13-9-12(15)14(13)17-7-6-16-2/h3-5,8,12-14H,6-7,9H2,1-2H3. The quantitative estimate of drug-likeness (QED) is 0.597. The summed E-state index contributed by atoms with van der Waals surface area (Å²) in [6.45, 7) is 3.29. The maximum absolute atomic E-state index is 5.95. The molecule has 3 nitrogen and oxygen atoms in total. The monoisotopic (exact) mass is 314 g/mol. The van der Waals surface area contributed by atoms with Gasteiger partial charge < -0.3 is 14.2 Å². The first kappa shape index (κ1) is 13.8. The minimum atomic E-state index is 0.112. The molecule has 0 aliphatic heterocycles. The van der Waals surface area contributed by atoms with Crippen LogP contribution in [0.1, 0.15) is 12.0 Å². The normalized spacial score (nSPS) is 26.7. The zero-order valence-corrected chi connectivity index (χ0v) is 12.4. The van der Waals surface area contributed by atoms with Gasteiger partial charge in [0, 0.05) is 18.4 Å². The van der Waals surface area contributed by atoms with Crippen LogP contribution in [0, 0.1) is 6.92 Å². The second-order valence-electron chi connectivity index (χ2n) is 4.55. The van der Waals surface area contributed by atoms with E-state index in [1.807, 2.05) is 18.2 Å². The van der Waals surface area contributed by atoms with Crippen LogP contribution < -0.4 is 4.74 Å². The lowest BCUT2D eigenvalue weighted by Gasteiger charge is -2.40. The van der Waals surface area contributed by atoms with E-state index in [4.69, 9.17) is 14.2 Å². The van der Waals surface area contributed by atoms with Crippen LogP contribution >= 0.6 is 15.9 Å². The van der Waals surface area contributed by atoms with Crippen LogP contribution in [0.15, 0.2) is 24.3 Å². The van der Waals surface area contributed by atoms with Crippen LogP contribution in [-0.2, 0) is 9.47 Å². The van der Waals surface area contributed by atoms with Crippen LogP contribution in [0.25, 0.3) is 0 Å². The van der Waals surface area contributed by atoms with E-state index >= 15 is 0 Å². The van der Waals surface area contributed by atoms with Crippen LogP contribution in [0.2, 0.25) is 0 Å². The molecule has 3 unspecified atom stereocenters. The number of hydrogen-bond donors (Lipinski definition) is 0. The molecule has 100 valence electrons. The molecule has 2 rings (SSSR count). The second kappa shape index (κ2) is 6.55. The van der Waals surface area contributed by atoms with Gasteiger partial charge in [0.05, 0.1) is 13.2 Å². The Balaban J connectivity index is 1.85. The third-order valence-electron chi connectivity index (χ3n) is 3.06. The van der Waals surface area contributed by atoms with Crippen molar-refractivity contribution in [2.24, 2.45) is 0 Å². The Labute approximate surface area is 117 Å². The molecule has 1 aromatic carbocycles. The van der Waals surface area contributed by atoms with Crippen molar-refractivity contribution < 1.29 is 14.2 Å². The second-order valence-corrected chi connectivity index (χ2v) is 5.73. The van der Waals surface area contributed by atoms with Gasteiger partial charge in [0.1, 0.15) is 18.0 Å². The predicted molar refractivity (Wildman–Crippen MR) is 74.5 cm³/mol. The highest BCUT2D eigenvalue weighted by molar-refractivity contribution is 9.09. The first-order valence-electron chi connectivity index (χ1n) is 6.18. The largest absolute Gasteiger partial charge is 0.488 e. The predicted octanol–water partition coefficient (Wildman–Crippen LogP) is 2.94. The van der Waals surface area contributed by atoms with Gasteiger partial charge in [-0.2, -0.15) is 0 Å². The fourth-order valence-corrected chi connectivity index (χ4v) is 2.85. The van der Waals surface area contributed by atoms with Crippen molar-refractivity contribution in [1.82, 2.24) is 0 Å². The van der Waals surface area contributed by atoms with Crippen molar-refractivity contribution in [2.75, 3.05) is 20.3 Å². The molecule has 18 heavy (non-hydrogen) atoms. The van der Waals surface area contributed by atoms with Crippen LogP contribution in [-0.4, -0.2) is 37.4 Å². The average Bonchev–Trinajstić information content (AvgIpc) is 2.34. The van der Waals surface area contributed by atoms with E-state index in [2.05, 4.69) is 28.9 Å². The van der Waals surface area contributed by atoms with E-state index in [0.717, 1.165) is 12.2 Å². The topological polar surface area (TPSA) is 27.7 Å². The summed E-state index contributed by atoms with van der Waals surface area (Å²) in [5, 5.41) is 0. The van der Waals surface area contributed by atoms with Gasteiger partial charge in [-0.1, -0.05) is 28.1 Å². The molecule has 1 saturated carbocycles.